The summed E-state index contributed by atoms with van der Waals surface area (Å²) >= 11 is 0. The molecule has 0 bridgehead atoms. The standard InChI is InChI=1S/C9H12N2O2/c12-7-6-10-9(13)11-8-4-2-1-3-5-8/h1-5,12H,6-7H2,(H2,10,11,13). The molecule has 0 saturated heterocycles. The Kier molecular flexibility index (Phi) is 3.78. The fourth-order valence-electron chi connectivity index (χ4n) is 0.866. The minimum atomic E-state index is -0.305. The van der Waals surface area contributed by atoms with Crippen molar-refractivity contribution in [1.29, 1.82) is 0 Å². The molecule has 0 aliphatic carbocycles. The van der Waals surface area contributed by atoms with Crippen molar-refractivity contribution < 1.29 is 9.90 Å². The number of hydrogen-bond acceptors (Lipinski definition) is 2. The lowest BCUT2D eigenvalue weighted by Crippen LogP contribution is -2.30. The Labute approximate surface area is 76.6 Å². The molecular weight excluding hydrogens is 168 g/mol. The van der Waals surface area contributed by atoms with Crippen molar-refractivity contribution in [1.82, 2.24) is 5.32 Å². The van der Waals surface area contributed by atoms with Gasteiger partial charge in [-0.25, -0.2) is 4.79 Å². The summed E-state index contributed by atoms with van der Waals surface area (Å²) in [6.45, 7) is 0.209. The van der Waals surface area contributed by atoms with Crippen LogP contribution in [0.5, 0.6) is 0 Å². The minimum absolute atomic E-state index is 0.0534. The van der Waals surface area contributed by atoms with E-state index in [1.54, 1.807) is 12.1 Å². The Morgan fingerprint density at radius 2 is 2.00 bits per heavy atom. The van der Waals surface area contributed by atoms with Crippen LogP contribution >= 0.6 is 0 Å². The van der Waals surface area contributed by atoms with E-state index in [4.69, 9.17) is 5.11 Å². The van der Waals surface area contributed by atoms with Crippen LogP contribution in [0.3, 0.4) is 0 Å². The van der Waals surface area contributed by atoms with E-state index in [0.717, 1.165) is 5.69 Å². The number of aliphatic hydroxyl groups is 1. The number of carbonyl (C=O) groups excluding carboxylic acids is 1. The number of nitrogens with one attached hydrogen (secondary N) is 2. The largest absolute Gasteiger partial charge is 0.395 e. The van der Waals surface area contributed by atoms with Crippen LogP contribution in [0.25, 0.3) is 0 Å². The molecule has 0 heterocycles. The fraction of sp³-hybridized carbons (Fsp3) is 0.222. The summed E-state index contributed by atoms with van der Waals surface area (Å²) in [4.78, 5) is 11.0. The molecule has 70 valence electrons. The molecule has 1 aromatic rings. The molecule has 1 rings (SSSR count). The Hall–Kier alpha value is -1.55. The number of benzene rings is 1. The van der Waals surface area contributed by atoms with Gasteiger partial charge in [0.25, 0.3) is 0 Å². The highest BCUT2D eigenvalue weighted by Crippen LogP contribution is 2.03. The number of hydrogen-bond donors (Lipinski definition) is 3. The molecule has 0 aliphatic heterocycles. The number of anilines is 1. The number of rotatable bonds is 3. The topological polar surface area (TPSA) is 61.4 Å². The monoisotopic (exact) mass is 180 g/mol. The first-order valence-electron chi connectivity index (χ1n) is 4.03. The Balaban J connectivity index is 2.37. The van der Waals surface area contributed by atoms with E-state index < -0.39 is 0 Å². The minimum Gasteiger partial charge on any atom is -0.395 e. The summed E-state index contributed by atoms with van der Waals surface area (Å²) in [5, 5.41) is 13.5. The molecule has 4 nitrogen and oxygen atoms in total. The second-order valence-electron chi connectivity index (χ2n) is 2.47. The van der Waals surface area contributed by atoms with E-state index in [9.17, 15) is 4.79 Å². The van der Waals surface area contributed by atoms with Crippen LogP contribution < -0.4 is 10.6 Å². The SMILES string of the molecule is O=C(NCCO)Nc1ccccc1. The van der Waals surface area contributed by atoms with E-state index in [1.165, 1.54) is 0 Å². The predicted molar refractivity (Wildman–Crippen MR) is 50.5 cm³/mol. The second kappa shape index (κ2) is 5.16. The molecule has 0 unspecified atom stereocenters. The second-order valence-corrected chi connectivity index (χ2v) is 2.47. The Morgan fingerprint density at radius 3 is 2.62 bits per heavy atom. The van der Waals surface area contributed by atoms with Gasteiger partial charge in [0, 0.05) is 12.2 Å². The molecule has 4 heteroatoms. The first-order chi connectivity index (χ1) is 6.33. The quantitative estimate of drug-likeness (QED) is 0.644. The maximum absolute atomic E-state index is 11.0. The van der Waals surface area contributed by atoms with E-state index >= 15 is 0 Å². The van der Waals surface area contributed by atoms with E-state index in [2.05, 4.69) is 10.6 Å². The van der Waals surface area contributed by atoms with E-state index in [-0.39, 0.29) is 19.2 Å². The summed E-state index contributed by atoms with van der Waals surface area (Å²) in [6, 6.07) is 8.82. The number of para-hydroxylation sites is 1. The van der Waals surface area contributed by atoms with Crippen molar-refractivity contribution in [2.45, 2.75) is 0 Å². The van der Waals surface area contributed by atoms with Gasteiger partial charge in [-0.15, -0.1) is 0 Å². The van der Waals surface area contributed by atoms with Gasteiger partial charge in [-0.1, -0.05) is 18.2 Å². The first-order valence-corrected chi connectivity index (χ1v) is 4.03. The zero-order valence-corrected chi connectivity index (χ0v) is 7.16. The summed E-state index contributed by atoms with van der Waals surface area (Å²) in [5.41, 5.74) is 0.734. The van der Waals surface area contributed by atoms with Crippen molar-refractivity contribution in [3.63, 3.8) is 0 Å². The summed E-state index contributed by atoms with van der Waals surface area (Å²) in [5.74, 6) is 0. The molecule has 1 aromatic carbocycles. The van der Waals surface area contributed by atoms with Crippen molar-refractivity contribution in [3.05, 3.63) is 30.3 Å². The predicted octanol–water partition coefficient (Wildman–Crippen LogP) is 0.800. The highest BCUT2D eigenvalue weighted by Gasteiger charge is 1.97. The Morgan fingerprint density at radius 1 is 1.31 bits per heavy atom. The molecule has 0 aliphatic rings. The zero-order valence-electron chi connectivity index (χ0n) is 7.16. The van der Waals surface area contributed by atoms with Crippen molar-refractivity contribution >= 4 is 11.7 Å². The average Bonchev–Trinajstić information content (AvgIpc) is 2.16. The fourth-order valence-corrected chi connectivity index (χ4v) is 0.866. The number of amides is 2. The van der Waals surface area contributed by atoms with Gasteiger partial charge in [0.05, 0.1) is 6.61 Å². The van der Waals surface area contributed by atoms with Gasteiger partial charge in [0.1, 0.15) is 0 Å². The number of aliphatic hydroxyl groups excluding tert-OH is 1. The number of carbonyl (C=O) groups is 1. The molecule has 0 aromatic heterocycles. The van der Waals surface area contributed by atoms with Gasteiger partial charge in [-0.3, -0.25) is 0 Å². The van der Waals surface area contributed by atoms with Crippen LogP contribution in [0.1, 0.15) is 0 Å². The van der Waals surface area contributed by atoms with Crippen LogP contribution in [0.4, 0.5) is 10.5 Å². The van der Waals surface area contributed by atoms with Crippen molar-refractivity contribution in [2.24, 2.45) is 0 Å². The lowest BCUT2D eigenvalue weighted by molar-refractivity contribution is 0.245. The van der Waals surface area contributed by atoms with Crippen LogP contribution in [0, 0.1) is 0 Å². The van der Waals surface area contributed by atoms with Gasteiger partial charge >= 0.3 is 6.03 Å². The van der Waals surface area contributed by atoms with E-state index in [1.807, 2.05) is 18.2 Å². The number of urea groups is 1. The lowest BCUT2D eigenvalue weighted by atomic mass is 10.3. The molecule has 0 atom stereocenters. The maximum Gasteiger partial charge on any atom is 0.319 e. The highest BCUT2D eigenvalue weighted by molar-refractivity contribution is 5.89. The summed E-state index contributed by atoms with van der Waals surface area (Å²) in [7, 11) is 0. The molecular formula is C9H12N2O2. The van der Waals surface area contributed by atoms with E-state index in [0.29, 0.717) is 0 Å². The molecule has 0 saturated carbocycles. The van der Waals surface area contributed by atoms with Crippen LogP contribution in [0.2, 0.25) is 0 Å². The van der Waals surface area contributed by atoms with Crippen molar-refractivity contribution in [3.8, 4) is 0 Å². The van der Waals surface area contributed by atoms with Gasteiger partial charge in [0.2, 0.25) is 0 Å². The summed E-state index contributed by atoms with van der Waals surface area (Å²) < 4.78 is 0. The molecule has 0 fully saturated rings. The van der Waals surface area contributed by atoms with Gasteiger partial charge < -0.3 is 15.7 Å². The normalized spacial score (nSPS) is 9.31. The smallest absolute Gasteiger partial charge is 0.319 e. The van der Waals surface area contributed by atoms with Gasteiger partial charge in [-0.05, 0) is 12.1 Å². The van der Waals surface area contributed by atoms with Gasteiger partial charge in [-0.2, -0.15) is 0 Å². The molecule has 13 heavy (non-hydrogen) atoms. The lowest BCUT2D eigenvalue weighted by Gasteiger charge is -2.05. The van der Waals surface area contributed by atoms with Crippen LogP contribution in [-0.4, -0.2) is 24.3 Å². The molecule has 0 radical (unpaired) electrons. The third kappa shape index (κ3) is 3.57. The third-order valence-electron chi connectivity index (χ3n) is 1.43. The first kappa shape index (κ1) is 9.54. The molecule has 0 spiro atoms. The zero-order chi connectivity index (χ0) is 9.52. The van der Waals surface area contributed by atoms with Crippen LogP contribution in [0.15, 0.2) is 30.3 Å². The van der Waals surface area contributed by atoms with Crippen LogP contribution in [-0.2, 0) is 0 Å². The Bertz CT molecular complexity index is 262. The molecule has 3 N–H and O–H groups in total. The third-order valence-corrected chi connectivity index (χ3v) is 1.43. The molecule has 2 amide bonds. The summed E-state index contributed by atoms with van der Waals surface area (Å²) in [6.07, 6.45) is 0. The van der Waals surface area contributed by atoms with Gasteiger partial charge in [0.15, 0.2) is 0 Å². The maximum atomic E-state index is 11.0. The average molecular weight is 180 g/mol. The van der Waals surface area contributed by atoms with Crippen molar-refractivity contribution in [2.75, 3.05) is 18.5 Å². The highest BCUT2D eigenvalue weighted by atomic mass is 16.3.